The minimum absolute atomic E-state index is 0.327. The first-order valence-electron chi connectivity index (χ1n) is 5.51. The molecular formula is C12H13N3O. The summed E-state index contributed by atoms with van der Waals surface area (Å²) in [5, 5.41) is 3.44. The highest BCUT2D eigenvalue weighted by atomic mass is 16.3. The summed E-state index contributed by atoms with van der Waals surface area (Å²) in [5.41, 5.74) is 2.23. The number of hydrogen-bond donors (Lipinski definition) is 1. The van der Waals surface area contributed by atoms with Gasteiger partial charge in [0.2, 0.25) is 0 Å². The Labute approximate surface area is 93.7 Å². The maximum atomic E-state index is 5.45. The highest BCUT2D eigenvalue weighted by Gasteiger charge is 2.22. The third kappa shape index (κ3) is 1.66. The topological polar surface area (TPSA) is 51.0 Å². The van der Waals surface area contributed by atoms with Crippen molar-refractivity contribution in [3.8, 4) is 0 Å². The Hall–Kier alpha value is -1.84. The van der Waals surface area contributed by atoms with Gasteiger partial charge in [0.05, 0.1) is 30.4 Å². The fraction of sp³-hybridized carbons (Fsp3) is 0.333. The number of furan rings is 1. The van der Waals surface area contributed by atoms with Crippen molar-refractivity contribution in [2.45, 2.75) is 25.3 Å². The van der Waals surface area contributed by atoms with Crippen molar-refractivity contribution in [3.05, 3.63) is 42.4 Å². The number of aromatic nitrogens is 2. The Morgan fingerprint density at radius 3 is 3.06 bits per heavy atom. The molecule has 1 unspecified atom stereocenters. The molecule has 3 rings (SSSR count). The van der Waals surface area contributed by atoms with Gasteiger partial charge in [0.25, 0.3) is 0 Å². The predicted molar refractivity (Wildman–Crippen MR) is 60.0 cm³/mol. The first-order valence-corrected chi connectivity index (χ1v) is 5.51. The number of nitrogens with one attached hydrogen (secondary N) is 1. The fourth-order valence-corrected chi connectivity index (χ4v) is 2.21. The number of nitrogens with zero attached hydrogens (tertiary/aromatic N) is 2. The zero-order valence-electron chi connectivity index (χ0n) is 8.89. The zero-order chi connectivity index (χ0) is 10.8. The maximum absolute atomic E-state index is 5.45. The SMILES string of the molecule is c1ncc(NC2CCCc3occc32)cn1. The molecule has 0 bridgehead atoms. The van der Waals surface area contributed by atoms with Crippen molar-refractivity contribution >= 4 is 5.69 Å². The van der Waals surface area contributed by atoms with Crippen LogP contribution in [-0.2, 0) is 6.42 Å². The van der Waals surface area contributed by atoms with Crippen LogP contribution in [0.5, 0.6) is 0 Å². The van der Waals surface area contributed by atoms with E-state index in [9.17, 15) is 0 Å². The number of aryl methyl sites for hydroxylation is 1. The molecule has 2 aromatic rings. The number of rotatable bonds is 2. The second-order valence-corrected chi connectivity index (χ2v) is 4.02. The molecule has 4 heteroatoms. The summed E-state index contributed by atoms with van der Waals surface area (Å²) >= 11 is 0. The average Bonchev–Trinajstić information content (AvgIpc) is 2.80. The molecule has 0 radical (unpaired) electrons. The van der Waals surface area contributed by atoms with E-state index in [-0.39, 0.29) is 0 Å². The highest BCUT2D eigenvalue weighted by Crippen LogP contribution is 2.32. The van der Waals surface area contributed by atoms with Crippen molar-refractivity contribution in [3.63, 3.8) is 0 Å². The van der Waals surface area contributed by atoms with Crippen molar-refractivity contribution in [1.82, 2.24) is 9.97 Å². The smallest absolute Gasteiger partial charge is 0.115 e. The predicted octanol–water partition coefficient (Wildman–Crippen LogP) is 2.56. The van der Waals surface area contributed by atoms with Crippen LogP contribution in [0.2, 0.25) is 0 Å². The van der Waals surface area contributed by atoms with Crippen LogP contribution in [0.4, 0.5) is 5.69 Å². The van der Waals surface area contributed by atoms with E-state index < -0.39 is 0 Å². The molecule has 1 aliphatic rings. The molecule has 0 aromatic carbocycles. The summed E-state index contributed by atoms with van der Waals surface area (Å²) in [4.78, 5) is 7.99. The lowest BCUT2D eigenvalue weighted by molar-refractivity contribution is 0.461. The molecule has 0 amide bonds. The summed E-state index contributed by atoms with van der Waals surface area (Å²) in [6.07, 6.45) is 10.2. The van der Waals surface area contributed by atoms with Gasteiger partial charge in [-0.05, 0) is 18.9 Å². The van der Waals surface area contributed by atoms with Crippen molar-refractivity contribution in [2.24, 2.45) is 0 Å². The second-order valence-electron chi connectivity index (χ2n) is 4.02. The standard InChI is InChI=1S/C12H13N3O/c1-2-11(10-4-5-16-12(10)3-1)15-9-6-13-8-14-7-9/h4-8,11,15H,1-3H2. The van der Waals surface area contributed by atoms with Crippen LogP contribution in [0.25, 0.3) is 0 Å². The normalized spacial score (nSPS) is 19.1. The van der Waals surface area contributed by atoms with E-state index in [0.29, 0.717) is 6.04 Å². The number of hydrogen-bond acceptors (Lipinski definition) is 4. The molecule has 2 heterocycles. The summed E-state index contributed by atoms with van der Waals surface area (Å²) in [6.45, 7) is 0. The summed E-state index contributed by atoms with van der Waals surface area (Å²) in [7, 11) is 0. The lowest BCUT2D eigenvalue weighted by Crippen LogP contribution is -2.16. The molecule has 1 aliphatic carbocycles. The molecule has 0 saturated heterocycles. The van der Waals surface area contributed by atoms with Crippen molar-refractivity contribution < 1.29 is 4.42 Å². The molecule has 0 fully saturated rings. The molecule has 4 nitrogen and oxygen atoms in total. The third-order valence-electron chi connectivity index (χ3n) is 2.95. The molecule has 0 saturated carbocycles. The maximum Gasteiger partial charge on any atom is 0.115 e. The van der Waals surface area contributed by atoms with Gasteiger partial charge >= 0.3 is 0 Å². The summed E-state index contributed by atoms with van der Waals surface area (Å²) in [6, 6.07) is 2.38. The van der Waals surface area contributed by atoms with E-state index in [1.807, 2.05) is 0 Å². The van der Waals surface area contributed by atoms with E-state index in [1.54, 1.807) is 18.7 Å². The Morgan fingerprint density at radius 1 is 1.31 bits per heavy atom. The summed E-state index contributed by atoms with van der Waals surface area (Å²) in [5.74, 6) is 1.11. The molecule has 82 valence electrons. The minimum Gasteiger partial charge on any atom is -0.469 e. The van der Waals surface area contributed by atoms with E-state index in [4.69, 9.17) is 4.42 Å². The Morgan fingerprint density at radius 2 is 2.19 bits per heavy atom. The molecule has 1 atom stereocenters. The van der Waals surface area contributed by atoms with E-state index in [0.717, 1.165) is 30.7 Å². The summed E-state index contributed by atoms with van der Waals surface area (Å²) < 4.78 is 5.45. The lowest BCUT2D eigenvalue weighted by atomic mass is 9.93. The van der Waals surface area contributed by atoms with Crippen molar-refractivity contribution in [1.29, 1.82) is 0 Å². The van der Waals surface area contributed by atoms with Gasteiger partial charge in [0, 0.05) is 12.0 Å². The molecule has 1 N–H and O–H groups in total. The van der Waals surface area contributed by atoms with Crippen LogP contribution in [0, 0.1) is 0 Å². The largest absolute Gasteiger partial charge is 0.469 e. The van der Waals surface area contributed by atoms with Gasteiger partial charge in [-0.1, -0.05) is 0 Å². The van der Waals surface area contributed by atoms with Gasteiger partial charge < -0.3 is 9.73 Å². The zero-order valence-corrected chi connectivity index (χ0v) is 8.89. The molecule has 0 spiro atoms. The first-order chi connectivity index (χ1) is 7.93. The van der Waals surface area contributed by atoms with Gasteiger partial charge in [0.1, 0.15) is 12.1 Å². The Kier molecular flexibility index (Phi) is 2.33. The Bertz CT molecular complexity index is 466. The van der Waals surface area contributed by atoms with Gasteiger partial charge in [-0.2, -0.15) is 0 Å². The Balaban J connectivity index is 1.83. The van der Waals surface area contributed by atoms with Gasteiger partial charge in [0.15, 0.2) is 0 Å². The second kappa shape index (κ2) is 3.96. The minimum atomic E-state index is 0.327. The number of fused-ring (bicyclic) bond motifs is 1. The van der Waals surface area contributed by atoms with E-state index >= 15 is 0 Å². The van der Waals surface area contributed by atoms with Gasteiger partial charge in [-0.25, -0.2) is 9.97 Å². The quantitative estimate of drug-likeness (QED) is 0.836. The molecule has 16 heavy (non-hydrogen) atoms. The van der Waals surface area contributed by atoms with E-state index in [2.05, 4.69) is 21.4 Å². The highest BCUT2D eigenvalue weighted by molar-refractivity contribution is 5.42. The average molecular weight is 215 g/mol. The third-order valence-corrected chi connectivity index (χ3v) is 2.95. The van der Waals surface area contributed by atoms with Gasteiger partial charge in [-0.3, -0.25) is 0 Å². The van der Waals surface area contributed by atoms with Crippen LogP contribution in [0.1, 0.15) is 30.2 Å². The van der Waals surface area contributed by atoms with E-state index in [1.165, 1.54) is 11.9 Å². The lowest BCUT2D eigenvalue weighted by Gasteiger charge is -2.23. The molecule has 0 aliphatic heterocycles. The fourth-order valence-electron chi connectivity index (χ4n) is 2.21. The molecular weight excluding hydrogens is 202 g/mol. The van der Waals surface area contributed by atoms with Crippen LogP contribution in [-0.4, -0.2) is 9.97 Å². The monoisotopic (exact) mass is 215 g/mol. The van der Waals surface area contributed by atoms with Gasteiger partial charge in [-0.15, -0.1) is 0 Å². The van der Waals surface area contributed by atoms with Crippen LogP contribution >= 0.6 is 0 Å². The van der Waals surface area contributed by atoms with Crippen LogP contribution < -0.4 is 5.32 Å². The van der Waals surface area contributed by atoms with Crippen LogP contribution in [0.3, 0.4) is 0 Å². The van der Waals surface area contributed by atoms with Crippen molar-refractivity contribution in [2.75, 3.05) is 5.32 Å². The number of anilines is 1. The first kappa shape index (κ1) is 9.39. The van der Waals surface area contributed by atoms with Crippen LogP contribution in [0.15, 0.2) is 35.5 Å². The molecule has 2 aromatic heterocycles.